The third kappa shape index (κ3) is 4.39. The fraction of sp³-hybridized carbons (Fsp3) is 0. The fourth-order valence-electron chi connectivity index (χ4n) is 8.80. The molecule has 0 bridgehead atoms. The van der Waals surface area contributed by atoms with Gasteiger partial charge in [-0.3, -0.25) is 0 Å². The Kier molecular flexibility index (Phi) is 6.61. The molecule has 11 rings (SSSR count). The first-order valence-electron chi connectivity index (χ1n) is 18.3. The zero-order valence-corrected chi connectivity index (χ0v) is 29.5. The van der Waals surface area contributed by atoms with Gasteiger partial charge in [-0.25, -0.2) is 0 Å². The maximum absolute atomic E-state index is 10.7. The molecular formula is C50H29N5. The highest BCUT2D eigenvalue weighted by Crippen LogP contribution is 2.42. The van der Waals surface area contributed by atoms with Gasteiger partial charge >= 0.3 is 0 Å². The predicted octanol–water partition coefficient (Wildman–Crippen LogP) is 12.4. The second-order valence-corrected chi connectivity index (χ2v) is 14.0. The number of nitrogens with zero attached hydrogens (tertiary/aromatic N) is 5. The van der Waals surface area contributed by atoms with E-state index in [4.69, 9.17) is 0 Å². The molecular weight excluding hydrogens is 671 g/mol. The van der Waals surface area contributed by atoms with Gasteiger partial charge in [-0.2, -0.15) is 10.5 Å². The Labute approximate surface area is 316 Å². The highest BCUT2D eigenvalue weighted by atomic mass is 15.1. The highest BCUT2D eigenvalue weighted by Gasteiger charge is 2.23. The average Bonchev–Trinajstić information content (AvgIpc) is 3.89. The normalized spacial score (nSPS) is 11.6. The molecule has 3 heterocycles. The van der Waals surface area contributed by atoms with Crippen LogP contribution in [0.2, 0.25) is 0 Å². The third-order valence-corrected chi connectivity index (χ3v) is 11.1. The molecule has 0 radical (unpaired) electrons. The molecule has 0 aliphatic carbocycles. The molecule has 0 amide bonds. The van der Waals surface area contributed by atoms with E-state index in [1.807, 2.05) is 24.3 Å². The molecule has 254 valence electrons. The largest absolute Gasteiger partial charge is 0.308 e. The molecule has 8 aromatic carbocycles. The molecule has 0 saturated carbocycles. The number of rotatable bonds is 4. The lowest BCUT2D eigenvalue weighted by molar-refractivity contribution is 1.12. The van der Waals surface area contributed by atoms with Crippen LogP contribution in [-0.2, 0) is 0 Å². The van der Waals surface area contributed by atoms with Crippen molar-refractivity contribution in [2.75, 3.05) is 0 Å². The van der Waals surface area contributed by atoms with Crippen molar-refractivity contribution < 1.29 is 0 Å². The molecule has 11 aromatic rings. The lowest BCUT2D eigenvalue weighted by Gasteiger charge is -2.16. The first-order chi connectivity index (χ1) is 27.2. The van der Waals surface area contributed by atoms with Gasteiger partial charge in [0.1, 0.15) is 12.1 Å². The minimum Gasteiger partial charge on any atom is -0.308 e. The molecule has 5 heteroatoms. The monoisotopic (exact) mass is 699 g/mol. The molecule has 5 nitrogen and oxygen atoms in total. The molecule has 0 unspecified atom stereocenters. The van der Waals surface area contributed by atoms with Crippen LogP contribution in [0.5, 0.6) is 0 Å². The van der Waals surface area contributed by atoms with Crippen molar-refractivity contribution in [3.05, 3.63) is 187 Å². The molecule has 0 fully saturated rings. The van der Waals surface area contributed by atoms with Crippen LogP contribution in [0.25, 0.3) is 93.6 Å². The quantitative estimate of drug-likeness (QED) is 0.184. The van der Waals surface area contributed by atoms with E-state index in [1.165, 1.54) is 0 Å². The van der Waals surface area contributed by atoms with Gasteiger partial charge in [0.25, 0.3) is 0 Å². The Morgan fingerprint density at radius 1 is 0.345 bits per heavy atom. The lowest BCUT2D eigenvalue weighted by Crippen LogP contribution is -2.03. The third-order valence-electron chi connectivity index (χ3n) is 11.1. The summed E-state index contributed by atoms with van der Waals surface area (Å²) in [5, 5.41) is 28.1. The lowest BCUT2D eigenvalue weighted by atomic mass is 10.0. The number of fused-ring (bicyclic) bond motifs is 9. The maximum Gasteiger partial charge on any atom is 0.101 e. The molecule has 3 aromatic heterocycles. The van der Waals surface area contributed by atoms with E-state index in [-0.39, 0.29) is 0 Å². The number of hydrogen-bond acceptors (Lipinski definition) is 2. The molecule has 0 saturated heterocycles. The van der Waals surface area contributed by atoms with Crippen LogP contribution in [0.1, 0.15) is 11.1 Å². The summed E-state index contributed by atoms with van der Waals surface area (Å²) in [5.41, 5.74) is 12.0. The summed E-state index contributed by atoms with van der Waals surface area (Å²) >= 11 is 0. The molecule has 0 atom stereocenters. The van der Waals surface area contributed by atoms with E-state index < -0.39 is 0 Å². The van der Waals surface area contributed by atoms with Gasteiger partial charge in [0.2, 0.25) is 0 Å². The summed E-state index contributed by atoms with van der Waals surface area (Å²) in [6.07, 6.45) is 0. The second-order valence-electron chi connectivity index (χ2n) is 14.0. The predicted molar refractivity (Wildman–Crippen MR) is 224 cm³/mol. The van der Waals surface area contributed by atoms with Crippen molar-refractivity contribution in [2.45, 2.75) is 0 Å². The summed E-state index contributed by atoms with van der Waals surface area (Å²) < 4.78 is 6.76. The smallest absolute Gasteiger partial charge is 0.101 e. The number of nitriles is 2. The summed E-state index contributed by atoms with van der Waals surface area (Å²) in [4.78, 5) is 0. The van der Waals surface area contributed by atoms with Crippen LogP contribution < -0.4 is 0 Å². The summed E-state index contributed by atoms with van der Waals surface area (Å²) in [6.45, 7) is 0. The summed E-state index contributed by atoms with van der Waals surface area (Å²) in [7, 11) is 0. The minimum absolute atomic E-state index is 0.596. The molecule has 0 aliphatic heterocycles. The van der Waals surface area contributed by atoms with Crippen molar-refractivity contribution in [1.29, 1.82) is 10.5 Å². The van der Waals surface area contributed by atoms with E-state index in [0.717, 1.165) is 93.6 Å². The first kappa shape index (κ1) is 30.7. The maximum atomic E-state index is 10.7. The molecule has 0 N–H and O–H groups in total. The number of benzene rings is 8. The van der Waals surface area contributed by atoms with Gasteiger partial charge in [-0.05, 0) is 71.8 Å². The Morgan fingerprint density at radius 2 is 0.818 bits per heavy atom. The van der Waals surface area contributed by atoms with Gasteiger partial charge < -0.3 is 13.7 Å². The topological polar surface area (TPSA) is 62.4 Å². The SMILES string of the molecule is N#Cc1cc(-c2cccc(-n3c4ccccc4c4ccc(C#N)c(-n5c6ccccc6c6ccccc65)c43)c2)ccc1-n1c2ccccc2c2ccccc21. The number of hydrogen-bond donors (Lipinski definition) is 0. The Hall–Kier alpha value is -7.86. The first-order valence-corrected chi connectivity index (χ1v) is 18.3. The number of aromatic nitrogens is 3. The summed E-state index contributed by atoms with van der Waals surface area (Å²) in [6, 6.07) is 65.8. The fourth-order valence-corrected chi connectivity index (χ4v) is 8.80. The van der Waals surface area contributed by atoms with Crippen LogP contribution in [0.15, 0.2) is 176 Å². The van der Waals surface area contributed by atoms with E-state index in [0.29, 0.717) is 11.1 Å². The van der Waals surface area contributed by atoms with E-state index in [1.54, 1.807) is 0 Å². The summed E-state index contributed by atoms with van der Waals surface area (Å²) in [5.74, 6) is 0. The second kappa shape index (κ2) is 11.8. The zero-order chi connectivity index (χ0) is 36.6. The van der Waals surface area contributed by atoms with E-state index in [9.17, 15) is 10.5 Å². The molecule has 0 aliphatic rings. The minimum atomic E-state index is 0.596. The van der Waals surface area contributed by atoms with Gasteiger partial charge in [-0.15, -0.1) is 0 Å². The van der Waals surface area contributed by atoms with Crippen molar-refractivity contribution in [3.63, 3.8) is 0 Å². The molecule has 55 heavy (non-hydrogen) atoms. The molecule has 0 spiro atoms. The van der Waals surface area contributed by atoms with Crippen LogP contribution in [0.3, 0.4) is 0 Å². The van der Waals surface area contributed by atoms with Crippen molar-refractivity contribution in [2.24, 2.45) is 0 Å². The van der Waals surface area contributed by atoms with Crippen LogP contribution >= 0.6 is 0 Å². The van der Waals surface area contributed by atoms with E-state index >= 15 is 0 Å². The van der Waals surface area contributed by atoms with Gasteiger partial charge in [0, 0.05) is 38.0 Å². The average molecular weight is 700 g/mol. The van der Waals surface area contributed by atoms with Crippen LogP contribution in [0, 0.1) is 22.7 Å². The Balaban J connectivity index is 1.15. The van der Waals surface area contributed by atoms with Crippen LogP contribution in [-0.4, -0.2) is 13.7 Å². The van der Waals surface area contributed by atoms with Crippen LogP contribution in [0.4, 0.5) is 0 Å². The number of para-hydroxylation sites is 5. The standard InChI is InChI=1S/C50H29N5/c51-30-34-24-26-42-41-18-5-6-19-44(41)53(50(42)49(34)55-47-22-9-3-16-39(47)40-17-4-10-23-48(40)55)36-13-11-12-32(29-36)33-25-27-43(35(28-33)31-52)54-45-20-7-1-14-37(45)38-15-2-8-21-46(38)54/h1-29H. The van der Waals surface area contributed by atoms with Gasteiger partial charge in [-0.1, -0.05) is 115 Å². The Bertz CT molecular complexity index is 3360. The van der Waals surface area contributed by atoms with E-state index in [2.05, 4.69) is 177 Å². The zero-order valence-electron chi connectivity index (χ0n) is 29.5. The Morgan fingerprint density at radius 3 is 1.36 bits per heavy atom. The van der Waals surface area contributed by atoms with Gasteiger partial charge in [0.15, 0.2) is 0 Å². The van der Waals surface area contributed by atoms with Gasteiger partial charge in [0.05, 0.1) is 55.6 Å². The van der Waals surface area contributed by atoms with Crippen molar-refractivity contribution >= 4 is 65.4 Å². The van der Waals surface area contributed by atoms with Crippen molar-refractivity contribution in [3.8, 4) is 40.3 Å². The van der Waals surface area contributed by atoms with Crippen molar-refractivity contribution in [1.82, 2.24) is 13.7 Å². The highest BCUT2D eigenvalue weighted by molar-refractivity contribution is 6.16.